The van der Waals surface area contributed by atoms with Crippen molar-refractivity contribution in [3.05, 3.63) is 42.5 Å². The highest BCUT2D eigenvalue weighted by atomic mass is 16.5. The Balaban J connectivity index is 2.03. The Morgan fingerprint density at radius 2 is 1.64 bits per heavy atom. The van der Waals surface area contributed by atoms with Crippen LogP contribution in [0.4, 0.5) is 21.9 Å². The van der Waals surface area contributed by atoms with Crippen LogP contribution in [0.5, 0.6) is 11.5 Å². The first-order valence-corrected chi connectivity index (χ1v) is 8.26. The molecule has 134 valence electrons. The van der Waals surface area contributed by atoms with Crippen molar-refractivity contribution in [2.45, 2.75) is 13.8 Å². The van der Waals surface area contributed by atoms with E-state index >= 15 is 0 Å². The molecule has 0 bridgehead atoms. The van der Waals surface area contributed by atoms with Gasteiger partial charge in [0.15, 0.2) is 0 Å². The molecule has 0 saturated heterocycles. The summed E-state index contributed by atoms with van der Waals surface area (Å²) in [5.41, 5.74) is 2.43. The molecule has 2 aromatic carbocycles. The first-order chi connectivity index (χ1) is 12.1. The zero-order valence-electron chi connectivity index (χ0n) is 15.1. The van der Waals surface area contributed by atoms with Crippen molar-refractivity contribution in [3.8, 4) is 11.5 Å². The van der Waals surface area contributed by atoms with Crippen LogP contribution in [0.25, 0.3) is 0 Å². The number of hydrogen-bond acceptors (Lipinski definition) is 4. The second-order valence-corrected chi connectivity index (χ2v) is 5.36. The third-order valence-corrected chi connectivity index (χ3v) is 3.91. The third-order valence-electron chi connectivity index (χ3n) is 3.91. The molecule has 2 N–H and O–H groups in total. The maximum atomic E-state index is 12.2. The predicted octanol–water partition coefficient (Wildman–Crippen LogP) is 4.19. The average Bonchev–Trinajstić information content (AvgIpc) is 2.64. The molecule has 0 fully saturated rings. The zero-order chi connectivity index (χ0) is 18.2. The maximum Gasteiger partial charge on any atom is 0.323 e. The van der Waals surface area contributed by atoms with Gasteiger partial charge in [-0.25, -0.2) is 4.79 Å². The number of rotatable bonds is 7. The fourth-order valence-electron chi connectivity index (χ4n) is 2.53. The molecule has 0 aromatic heterocycles. The number of hydrogen-bond donors (Lipinski definition) is 2. The van der Waals surface area contributed by atoms with E-state index in [-0.39, 0.29) is 6.03 Å². The molecule has 0 radical (unpaired) electrons. The lowest BCUT2D eigenvalue weighted by Gasteiger charge is -2.21. The van der Waals surface area contributed by atoms with Crippen LogP contribution in [-0.2, 0) is 0 Å². The van der Waals surface area contributed by atoms with Crippen LogP contribution in [0.15, 0.2) is 42.5 Å². The molecule has 0 saturated carbocycles. The second-order valence-electron chi connectivity index (χ2n) is 5.36. The highest BCUT2D eigenvalue weighted by molar-refractivity contribution is 6.00. The molecule has 6 heteroatoms. The van der Waals surface area contributed by atoms with Gasteiger partial charge in [-0.05, 0) is 50.2 Å². The van der Waals surface area contributed by atoms with Gasteiger partial charge in [-0.2, -0.15) is 0 Å². The Hall–Kier alpha value is -2.89. The van der Waals surface area contributed by atoms with Gasteiger partial charge in [-0.15, -0.1) is 0 Å². The minimum atomic E-state index is -0.334. The maximum absolute atomic E-state index is 12.2. The minimum absolute atomic E-state index is 0.334. The van der Waals surface area contributed by atoms with Gasteiger partial charge in [0, 0.05) is 30.5 Å². The smallest absolute Gasteiger partial charge is 0.323 e. The van der Waals surface area contributed by atoms with E-state index in [1.54, 1.807) is 32.4 Å². The fourth-order valence-corrected chi connectivity index (χ4v) is 2.53. The van der Waals surface area contributed by atoms with E-state index in [4.69, 9.17) is 9.47 Å². The van der Waals surface area contributed by atoms with Gasteiger partial charge in [-0.3, -0.25) is 0 Å². The van der Waals surface area contributed by atoms with E-state index in [1.807, 2.05) is 24.3 Å². The number of nitrogens with one attached hydrogen (secondary N) is 2. The Bertz CT molecular complexity index is 698. The summed E-state index contributed by atoms with van der Waals surface area (Å²) < 4.78 is 10.4. The van der Waals surface area contributed by atoms with Gasteiger partial charge in [-0.1, -0.05) is 0 Å². The van der Waals surface area contributed by atoms with Gasteiger partial charge < -0.3 is 25.0 Å². The van der Waals surface area contributed by atoms with Crippen LogP contribution in [0, 0.1) is 0 Å². The molecule has 6 nitrogen and oxygen atoms in total. The van der Waals surface area contributed by atoms with Crippen LogP contribution >= 0.6 is 0 Å². The molecular weight excluding hydrogens is 318 g/mol. The summed E-state index contributed by atoms with van der Waals surface area (Å²) in [7, 11) is 3.13. The van der Waals surface area contributed by atoms with Gasteiger partial charge in [0.1, 0.15) is 11.5 Å². The Labute approximate surface area is 148 Å². The number of ether oxygens (including phenoxy) is 2. The number of nitrogens with zero attached hydrogens (tertiary/aromatic N) is 1. The number of anilines is 3. The van der Waals surface area contributed by atoms with Crippen molar-refractivity contribution < 1.29 is 14.3 Å². The van der Waals surface area contributed by atoms with E-state index in [0.29, 0.717) is 17.2 Å². The van der Waals surface area contributed by atoms with Gasteiger partial charge >= 0.3 is 6.03 Å². The topological polar surface area (TPSA) is 62.8 Å². The standard InChI is InChI=1S/C19H25N3O3/c1-5-22(6-2)15-9-7-14(8-10-15)20-19(23)21-17-12-11-16(24-3)13-18(17)25-4/h7-13H,5-6H2,1-4H3,(H2,20,21,23). The molecule has 25 heavy (non-hydrogen) atoms. The number of carbonyl (C=O) groups excluding carboxylic acids is 1. The number of urea groups is 1. The number of carbonyl (C=O) groups is 1. The van der Waals surface area contributed by atoms with Crippen molar-refractivity contribution >= 4 is 23.1 Å². The molecule has 2 aromatic rings. The highest BCUT2D eigenvalue weighted by Gasteiger charge is 2.09. The Kier molecular flexibility index (Phi) is 6.51. The summed E-state index contributed by atoms with van der Waals surface area (Å²) in [5.74, 6) is 1.20. The molecule has 0 aliphatic rings. The molecule has 0 spiro atoms. The molecule has 0 aliphatic heterocycles. The molecule has 0 heterocycles. The summed E-state index contributed by atoms with van der Waals surface area (Å²) in [6.07, 6.45) is 0. The third kappa shape index (κ3) is 4.79. The van der Waals surface area contributed by atoms with E-state index < -0.39 is 0 Å². The molecule has 0 unspecified atom stereocenters. The average molecular weight is 343 g/mol. The van der Waals surface area contributed by atoms with Crippen molar-refractivity contribution in [2.75, 3.05) is 42.8 Å². The molecule has 2 rings (SSSR count). The summed E-state index contributed by atoms with van der Waals surface area (Å²) >= 11 is 0. The highest BCUT2D eigenvalue weighted by Crippen LogP contribution is 2.29. The summed E-state index contributed by atoms with van der Waals surface area (Å²) in [4.78, 5) is 14.5. The lowest BCUT2D eigenvalue weighted by atomic mass is 10.2. The summed E-state index contributed by atoms with van der Waals surface area (Å²) in [5, 5.41) is 5.60. The van der Waals surface area contributed by atoms with Crippen LogP contribution < -0.4 is 25.0 Å². The van der Waals surface area contributed by atoms with Gasteiger partial charge in [0.25, 0.3) is 0 Å². The SMILES string of the molecule is CCN(CC)c1ccc(NC(=O)Nc2ccc(OC)cc2OC)cc1. The van der Waals surface area contributed by atoms with E-state index in [0.717, 1.165) is 24.5 Å². The molecule has 0 atom stereocenters. The number of benzene rings is 2. The van der Waals surface area contributed by atoms with Crippen LogP contribution in [0.2, 0.25) is 0 Å². The second kappa shape index (κ2) is 8.82. The predicted molar refractivity (Wildman–Crippen MR) is 102 cm³/mol. The first-order valence-electron chi connectivity index (χ1n) is 8.26. The summed E-state index contributed by atoms with van der Waals surface area (Å²) in [6, 6.07) is 12.6. The number of amides is 2. The fraction of sp³-hybridized carbons (Fsp3) is 0.316. The normalized spacial score (nSPS) is 10.1. The van der Waals surface area contributed by atoms with Crippen molar-refractivity contribution in [1.29, 1.82) is 0 Å². The van der Waals surface area contributed by atoms with Gasteiger partial charge in [0.05, 0.1) is 19.9 Å². The Morgan fingerprint density at radius 3 is 2.20 bits per heavy atom. The minimum Gasteiger partial charge on any atom is -0.497 e. The first kappa shape index (κ1) is 18.4. The number of methoxy groups -OCH3 is 2. The van der Waals surface area contributed by atoms with Crippen molar-refractivity contribution in [2.24, 2.45) is 0 Å². The zero-order valence-corrected chi connectivity index (χ0v) is 15.1. The Morgan fingerprint density at radius 1 is 0.960 bits per heavy atom. The van der Waals surface area contributed by atoms with Crippen molar-refractivity contribution in [1.82, 2.24) is 0 Å². The lowest BCUT2D eigenvalue weighted by Crippen LogP contribution is -2.22. The van der Waals surface area contributed by atoms with E-state index in [9.17, 15) is 4.79 Å². The van der Waals surface area contributed by atoms with Crippen LogP contribution in [0.3, 0.4) is 0 Å². The quantitative estimate of drug-likeness (QED) is 0.791. The molecule has 2 amide bonds. The lowest BCUT2D eigenvalue weighted by molar-refractivity contribution is 0.262. The van der Waals surface area contributed by atoms with Crippen LogP contribution in [0.1, 0.15) is 13.8 Å². The van der Waals surface area contributed by atoms with E-state index in [2.05, 4.69) is 29.4 Å². The van der Waals surface area contributed by atoms with Gasteiger partial charge in [0.2, 0.25) is 0 Å². The monoisotopic (exact) mass is 343 g/mol. The molecular formula is C19H25N3O3. The summed E-state index contributed by atoms with van der Waals surface area (Å²) in [6.45, 7) is 6.12. The molecule has 0 aliphatic carbocycles. The van der Waals surface area contributed by atoms with E-state index in [1.165, 1.54) is 0 Å². The van der Waals surface area contributed by atoms with Crippen LogP contribution in [-0.4, -0.2) is 33.3 Å². The largest absolute Gasteiger partial charge is 0.497 e. The van der Waals surface area contributed by atoms with Crippen molar-refractivity contribution in [3.63, 3.8) is 0 Å².